The van der Waals surface area contributed by atoms with E-state index in [2.05, 4.69) is 0 Å². The summed E-state index contributed by atoms with van der Waals surface area (Å²) in [5.41, 5.74) is 0.971. The number of rotatable bonds is 9. The zero-order valence-electron chi connectivity index (χ0n) is 12.2. The normalized spacial score (nSPS) is 15.0. The van der Waals surface area contributed by atoms with Crippen LogP contribution in [0.4, 0.5) is 0 Å². The summed E-state index contributed by atoms with van der Waals surface area (Å²) < 4.78 is 5.15. The van der Waals surface area contributed by atoms with Gasteiger partial charge in [-0.3, -0.25) is 14.8 Å². The first kappa shape index (κ1) is 15.9. The largest absolute Gasteiger partial charge is 0.461 e. The van der Waals surface area contributed by atoms with Gasteiger partial charge in [-0.25, -0.2) is 0 Å². The van der Waals surface area contributed by atoms with Crippen LogP contribution in [0.5, 0.6) is 0 Å². The Labute approximate surface area is 125 Å². The van der Waals surface area contributed by atoms with Crippen molar-refractivity contribution in [1.82, 2.24) is 5.23 Å². The molecule has 116 valence electrons. The van der Waals surface area contributed by atoms with Gasteiger partial charge in [-0.2, -0.15) is 0 Å². The second-order valence-electron chi connectivity index (χ2n) is 5.42. The van der Waals surface area contributed by atoms with Crippen molar-refractivity contribution in [1.29, 1.82) is 0 Å². The standard InChI is InChI=1S/C16H23NO4/c18-16(20-12-14-6-2-1-3-7-14)10-5-11-17(19)21-13-15-8-4-9-15/h1-3,6-7,15,19H,4-5,8-13H2. The zero-order valence-corrected chi connectivity index (χ0v) is 12.2. The number of hydroxylamine groups is 2. The van der Waals surface area contributed by atoms with Crippen molar-refractivity contribution >= 4 is 5.97 Å². The maximum Gasteiger partial charge on any atom is 0.306 e. The van der Waals surface area contributed by atoms with E-state index in [1.807, 2.05) is 30.3 Å². The lowest BCUT2D eigenvalue weighted by Gasteiger charge is -2.26. The molecule has 0 unspecified atom stereocenters. The monoisotopic (exact) mass is 293 g/mol. The van der Waals surface area contributed by atoms with E-state index in [0.717, 1.165) is 10.8 Å². The Kier molecular flexibility index (Phi) is 6.66. The predicted molar refractivity (Wildman–Crippen MR) is 77.3 cm³/mol. The highest BCUT2D eigenvalue weighted by molar-refractivity contribution is 5.69. The van der Waals surface area contributed by atoms with Gasteiger partial charge in [-0.05, 0) is 30.7 Å². The molecule has 0 atom stereocenters. The fraction of sp³-hybridized carbons (Fsp3) is 0.562. The van der Waals surface area contributed by atoms with Crippen LogP contribution in [-0.4, -0.2) is 29.6 Å². The van der Waals surface area contributed by atoms with Gasteiger partial charge in [0.2, 0.25) is 0 Å². The number of carbonyl (C=O) groups is 1. The van der Waals surface area contributed by atoms with Crippen molar-refractivity contribution in [3.63, 3.8) is 0 Å². The molecule has 1 aromatic rings. The molecule has 0 saturated heterocycles. The summed E-state index contributed by atoms with van der Waals surface area (Å²) in [4.78, 5) is 16.8. The molecule has 1 fully saturated rings. The molecule has 0 amide bonds. The Hall–Kier alpha value is -1.43. The molecule has 1 aliphatic carbocycles. The van der Waals surface area contributed by atoms with Gasteiger partial charge >= 0.3 is 5.97 Å². The van der Waals surface area contributed by atoms with Crippen molar-refractivity contribution in [3.05, 3.63) is 35.9 Å². The van der Waals surface area contributed by atoms with Crippen molar-refractivity contribution in [2.75, 3.05) is 13.2 Å². The van der Waals surface area contributed by atoms with Crippen molar-refractivity contribution in [2.24, 2.45) is 5.92 Å². The molecule has 1 saturated carbocycles. The van der Waals surface area contributed by atoms with Gasteiger partial charge < -0.3 is 4.74 Å². The van der Waals surface area contributed by atoms with Crippen molar-refractivity contribution in [2.45, 2.75) is 38.7 Å². The topological polar surface area (TPSA) is 59.0 Å². The Morgan fingerprint density at radius 1 is 1.29 bits per heavy atom. The summed E-state index contributed by atoms with van der Waals surface area (Å²) >= 11 is 0. The van der Waals surface area contributed by atoms with Gasteiger partial charge in [0, 0.05) is 6.42 Å². The second kappa shape index (κ2) is 8.77. The summed E-state index contributed by atoms with van der Waals surface area (Å²) in [5.74, 6) is 0.321. The molecule has 2 rings (SSSR count). The number of esters is 1. The first-order valence-corrected chi connectivity index (χ1v) is 7.53. The Bertz CT molecular complexity index is 420. The molecule has 1 aliphatic rings. The molecule has 1 N–H and O–H groups in total. The van der Waals surface area contributed by atoms with Crippen LogP contribution in [-0.2, 0) is 21.0 Å². The van der Waals surface area contributed by atoms with E-state index < -0.39 is 0 Å². The fourth-order valence-electron chi connectivity index (χ4n) is 2.08. The Morgan fingerprint density at radius 2 is 2.05 bits per heavy atom. The quantitative estimate of drug-likeness (QED) is 0.560. The van der Waals surface area contributed by atoms with Gasteiger partial charge in [0.25, 0.3) is 0 Å². The number of hydrogen-bond acceptors (Lipinski definition) is 5. The summed E-state index contributed by atoms with van der Waals surface area (Å²) in [7, 11) is 0. The number of hydrogen-bond donors (Lipinski definition) is 1. The smallest absolute Gasteiger partial charge is 0.306 e. The summed E-state index contributed by atoms with van der Waals surface area (Å²) in [5, 5.41) is 10.3. The van der Waals surface area contributed by atoms with Gasteiger partial charge in [0.1, 0.15) is 6.61 Å². The fourth-order valence-corrected chi connectivity index (χ4v) is 2.08. The molecule has 5 nitrogen and oxygen atoms in total. The molecule has 21 heavy (non-hydrogen) atoms. The highest BCUT2D eigenvalue weighted by Gasteiger charge is 2.18. The number of ether oxygens (including phenoxy) is 1. The van der Waals surface area contributed by atoms with E-state index in [-0.39, 0.29) is 12.4 Å². The molecule has 0 radical (unpaired) electrons. The van der Waals surface area contributed by atoms with Crippen LogP contribution in [0.3, 0.4) is 0 Å². The summed E-state index contributed by atoms with van der Waals surface area (Å²) in [6.45, 7) is 1.17. The molecular weight excluding hydrogens is 270 g/mol. The number of nitrogens with zero attached hydrogens (tertiary/aromatic N) is 1. The summed E-state index contributed by atoms with van der Waals surface area (Å²) in [6, 6.07) is 9.57. The van der Waals surface area contributed by atoms with Crippen LogP contribution in [0.15, 0.2) is 30.3 Å². The predicted octanol–water partition coefficient (Wildman–Crippen LogP) is 2.93. The zero-order chi connectivity index (χ0) is 14.9. The SMILES string of the molecule is O=C(CCCN(O)OCC1CCC1)OCc1ccccc1. The lowest BCUT2D eigenvalue weighted by atomic mass is 9.86. The van der Waals surface area contributed by atoms with Crippen LogP contribution in [0.1, 0.15) is 37.7 Å². The molecule has 0 heterocycles. The van der Waals surface area contributed by atoms with E-state index >= 15 is 0 Å². The first-order chi connectivity index (χ1) is 10.2. The average molecular weight is 293 g/mol. The van der Waals surface area contributed by atoms with Crippen molar-refractivity contribution < 1.29 is 19.6 Å². The van der Waals surface area contributed by atoms with Gasteiger partial charge in [0.15, 0.2) is 0 Å². The van der Waals surface area contributed by atoms with Gasteiger partial charge in [0.05, 0.1) is 13.2 Å². The molecule has 5 heteroatoms. The van der Waals surface area contributed by atoms with E-state index in [4.69, 9.17) is 9.57 Å². The van der Waals surface area contributed by atoms with Gasteiger partial charge in [-0.1, -0.05) is 42.0 Å². The van der Waals surface area contributed by atoms with E-state index in [9.17, 15) is 10.0 Å². The highest BCUT2D eigenvalue weighted by atomic mass is 16.9. The van der Waals surface area contributed by atoms with Crippen LogP contribution < -0.4 is 0 Å². The maximum absolute atomic E-state index is 11.6. The van der Waals surface area contributed by atoms with E-state index in [1.165, 1.54) is 19.3 Å². The maximum atomic E-state index is 11.6. The highest BCUT2D eigenvalue weighted by Crippen LogP contribution is 2.26. The third-order valence-electron chi connectivity index (χ3n) is 3.66. The molecule has 0 aromatic heterocycles. The van der Waals surface area contributed by atoms with Crippen LogP contribution >= 0.6 is 0 Å². The molecule has 0 bridgehead atoms. The third-order valence-corrected chi connectivity index (χ3v) is 3.66. The Balaban J connectivity index is 1.50. The second-order valence-corrected chi connectivity index (χ2v) is 5.42. The average Bonchev–Trinajstić information content (AvgIpc) is 2.44. The molecule has 0 spiro atoms. The lowest BCUT2D eigenvalue weighted by Crippen LogP contribution is -2.27. The minimum Gasteiger partial charge on any atom is -0.461 e. The van der Waals surface area contributed by atoms with Crippen LogP contribution in [0.25, 0.3) is 0 Å². The minimum atomic E-state index is -0.258. The molecular formula is C16H23NO4. The molecule has 0 aliphatic heterocycles. The first-order valence-electron chi connectivity index (χ1n) is 7.53. The molecule has 1 aromatic carbocycles. The van der Waals surface area contributed by atoms with Crippen LogP contribution in [0, 0.1) is 5.92 Å². The van der Waals surface area contributed by atoms with Crippen LogP contribution in [0.2, 0.25) is 0 Å². The minimum absolute atomic E-state index is 0.258. The lowest BCUT2D eigenvalue weighted by molar-refractivity contribution is -0.346. The van der Waals surface area contributed by atoms with Gasteiger partial charge in [-0.15, -0.1) is 0 Å². The number of benzene rings is 1. The number of carbonyl (C=O) groups excluding carboxylic acids is 1. The third kappa shape index (κ3) is 6.25. The van der Waals surface area contributed by atoms with Crippen molar-refractivity contribution in [3.8, 4) is 0 Å². The summed E-state index contributed by atoms with van der Waals surface area (Å²) in [6.07, 6.45) is 4.40. The van der Waals surface area contributed by atoms with E-state index in [1.54, 1.807) is 0 Å². The Morgan fingerprint density at radius 3 is 2.71 bits per heavy atom. The van der Waals surface area contributed by atoms with E-state index in [0.29, 0.717) is 32.1 Å².